The minimum Gasteiger partial charge on any atom is -0.393 e. The minimum atomic E-state index is -0.312. The predicted octanol–water partition coefficient (Wildman–Crippen LogP) is 1.79. The van der Waals surface area contributed by atoms with Crippen LogP contribution in [-0.2, 0) is 0 Å². The summed E-state index contributed by atoms with van der Waals surface area (Å²) in [6, 6.07) is 0.179. The zero-order valence-electron chi connectivity index (χ0n) is 11.0. The van der Waals surface area contributed by atoms with Gasteiger partial charge < -0.3 is 15.7 Å². The second-order valence-electron chi connectivity index (χ2n) is 4.39. The Hall–Kier alpha value is -1.36. The summed E-state index contributed by atoms with van der Waals surface area (Å²) in [4.78, 5) is 8.58. The van der Waals surface area contributed by atoms with E-state index in [1.807, 2.05) is 20.8 Å². The molecule has 2 atom stereocenters. The molecule has 1 heterocycles. The van der Waals surface area contributed by atoms with Crippen molar-refractivity contribution in [3.8, 4) is 0 Å². The second kappa shape index (κ2) is 6.39. The standard InChI is InChI=1S/C12H22N4O/c1-5-13-12-14-7-8(2)11(16-12)15-9(3)6-10(4)17/h7,9-10,17H,5-6H2,1-4H3,(H2,13,14,15,16). The Balaban J connectivity index is 2.71. The minimum absolute atomic E-state index is 0.179. The lowest BCUT2D eigenvalue weighted by Crippen LogP contribution is -2.22. The largest absolute Gasteiger partial charge is 0.393 e. The molecule has 96 valence electrons. The highest BCUT2D eigenvalue weighted by molar-refractivity contribution is 5.46. The Morgan fingerprint density at radius 1 is 1.41 bits per heavy atom. The topological polar surface area (TPSA) is 70.1 Å². The monoisotopic (exact) mass is 238 g/mol. The van der Waals surface area contributed by atoms with E-state index >= 15 is 0 Å². The van der Waals surface area contributed by atoms with Crippen molar-refractivity contribution in [2.45, 2.75) is 46.3 Å². The van der Waals surface area contributed by atoms with Gasteiger partial charge in [0.25, 0.3) is 0 Å². The molecule has 0 amide bonds. The normalized spacial score (nSPS) is 14.2. The highest BCUT2D eigenvalue weighted by Gasteiger charge is 2.09. The molecule has 5 heteroatoms. The fourth-order valence-corrected chi connectivity index (χ4v) is 1.64. The van der Waals surface area contributed by atoms with Gasteiger partial charge in [-0.1, -0.05) is 0 Å². The number of hydrogen-bond acceptors (Lipinski definition) is 5. The molecule has 17 heavy (non-hydrogen) atoms. The van der Waals surface area contributed by atoms with Gasteiger partial charge in [-0.2, -0.15) is 4.98 Å². The molecule has 0 fully saturated rings. The Labute approximate surface area is 103 Å². The second-order valence-corrected chi connectivity index (χ2v) is 4.39. The van der Waals surface area contributed by atoms with Gasteiger partial charge in [-0.05, 0) is 34.1 Å². The van der Waals surface area contributed by atoms with E-state index in [1.165, 1.54) is 0 Å². The lowest BCUT2D eigenvalue weighted by molar-refractivity contribution is 0.179. The van der Waals surface area contributed by atoms with Gasteiger partial charge in [0, 0.05) is 24.3 Å². The van der Waals surface area contributed by atoms with Crippen molar-refractivity contribution in [1.29, 1.82) is 0 Å². The quantitative estimate of drug-likeness (QED) is 0.705. The van der Waals surface area contributed by atoms with Crippen LogP contribution in [0.4, 0.5) is 11.8 Å². The van der Waals surface area contributed by atoms with E-state index < -0.39 is 0 Å². The third-order valence-corrected chi connectivity index (χ3v) is 2.38. The van der Waals surface area contributed by atoms with E-state index in [2.05, 4.69) is 20.6 Å². The molecular weight excluding hydrogens is 216 g/mol. The summed E-state index contributed by atoms with van der Waals surface area (Å²) < 4.78 is 0. The molecule has 2 unspecified atom stereocenters. The van der Waals surface area contributed by atoms with Gasteiger partial charge in [0.1, 0.15) is 5.82 Å². The summed E-state index contributed by atoms with van der Waals surface area (Å²) in [6.45, 7) is 8.58. The van der Waals surface area contributed by atoms with Crippen LogP contribution in [0.2, 0.25) is 0 Å². The zero-order chi connectivity index (χ0) is 12.8. The molecule has 0 aliphatic heterocycles. The molecule has 0 aliphatic carbocycles. The summed E-state index contributed by atoms with van der Waals surface area (Å²) in [6.07, 6.45) is 2.18. The first-order chi connectivity index (χ1) is 8.02. The number of nitrogens with zero attached hydrogens (tertiary/aromatic N) is 2. The summed E-state index contributed by atoms with van der Waals surface area (Å²) in [7, 11) is 0. The van der Waals surface area contributed by atoms with E-state index in [1.54, 1.807) is 13.1 Å². The lowest BCUT2D eigenvalue weighted by Gasteiger charge is -2.17. The van der Waals surface area contributed by atoms with Gasteiger partial charge in [-0.3, -0.25) is 0 Å². The van der Waals surface area contributed by atoms with Gasteiger partial charge >= 0.3 is 0 Å². The van der Waals surface area contributed by atoms with Crippen molar-refractivity contribution in [2.75, 3.05) is 17.2 Å². The molecule has 0 aromatic carbocycles. The van der Waals surface area contributed by atoms with Crippen LogP contribution >= 0.6 is 0 Å². The average molecular weight is 238 g/mol. The van der Waals surface area contributed by atoms with E-state index in [4.69, 9.17) is 0 Å². The van der Waals surface area contributed by atoms with Crippen LogP contribution < -0.4 is 10.6 Å². The van der Waals surface area contributed by atoms with Crippen LogP contribution in [0.1, 0.15) is 32.8 Å². The van der Waals surface area contributed by atoms with E-state index in [0.29, 0.717) is 12.4 Å². The fraction of sp³-hybridized carbons (Fsp3) is 0.667. The SMILES string of the molecule is CCNc1ncc(C)c(NC(C)CC(C)O)n1. The van der Waals surface area contributed by atoms with Gasteiger partial charge in [0.2, 0.25) is 5.95 Å². The van der Waals surface area contributed by atoms with E-state index in [-0.39, 0.29) is 12.1 Å². The van der Waals surface area contributed by atoms with Gasteiger partial charge in [-0.25, -0.2) is 4.98 Å². The van der Waals surface area contributed by atoms with Gasteiger partial charge in [-0.15, -0.1) is 0 Å². The maximum absolute atomic E-state index is 9.32. The molecule has 3 N–H and O–H groups in total. The van der Waals surface area contributed by atoms with Crippen molar-refractivity contribution in [2.24, 2.45) is 0 Å². The Morgan fingerprint density at radius 2 is 2.12 bits per heavy atom. The van der Waals surface area contributed by atoms with E-state index in [0.717, 1.165) is 17.9 Å². The van der Waals surface area contributed by atoms with Gasteiger partial charge in [0.05, 0.1) is 6.10 Å². The Bertz CT molecular complexity index is 354. The number of rotatable bonds is 6. The highest BCUT2D eigenvalue weighted by atomic mass is 16.3. The van der Waals surface area contributed by atoms with E-state index in [9.17, 15) is 5.11 Å². The van der Waals surface area contributed by atoms with Crippen LogP contribution in [0, 0.1) is 6.92 Å². The summed E-state index contributed by atoms with van der Waals surface area (Å²) in [5.74, 6) is 1.45. The van der Waals surface area contributed by atoms with Crippen LogP contribution in [-0.4, -0.2) is 33.8 Å². The van der Waals surface area contributed by atoms with Crippen molar-refractivity contribution >= 4 is 11.8 Å². The molecule has 1 aromatic rings. The Morgan fingerprint density at radius 3 is 2.71 bits per heavy atom. The smallest absolute Gasteiger partial charge is 0.224 e. The molecule has 0 spiro atoms. The number of hydrogen-bond donors (Lipinski definition) is 3. The van der Waals surface area contributed by atoms with Crippen molar-refractivity contribution in [1.82, 2.24) is 9.97 Å². The first kappa shape index (κ1) is 13.7. The number of anilines is 2. The molecule has 0 bridgehead atoms. The lowest BCUT2D eigenvalue weighted by atomic mass is 10.1. The van der Waals surface area contributed by atoms with Crippen LogP contribution in [0.3, 0.4) is 0 Å². The third-order valence-electron chi connectivity index (χ3n) is 2.38. The maximum atomic E-state index is 9.32. The van der Waals surface area contributed by atoms with Crippen molar-refractivity contribution < 1.29 is 5.11 Å². The molecule has 0 saturated carbocycles. The predicted molar refractivity (Wildman–Crippen MR) is 70.3 cm³/mol. The number of aliphatic hydroxyl groups excluding tert-OH is 1. The molecule has 0 radical (unpaired) electrons. The highest BCUT2D eigenvalue weighted by Crippen LogP contribution is 2.14. The van der Waals surface area contributed by atoms with Crippen LogP contribution in [0.15, 0.2) is 6.20 Å². The number of aromatic nitrogens is 2. The summed E-state index contributed by atoms with van der Waals surface area (Å²) >= 11 is 0. The van der Waals surface area contributed by atoms with Crippen molar-refractivity contribution in [3.63, 3.8) is 0 Å². The Kier molecular flexibility index (Phi) is 5.15. The van der Waals surface area contributed by atoms with Gasteiger partial charge in [0.15, 0.2) is 0 Å². The molecular formula is C12H22N4O. The molecule has 0 saturated heterocycles. The number of nitrogens with one attached hydrogen (secondary N) is 2. The average Bonchev–Trinajstić information content (AvgIpc) is 2.22. The van der Waals surface area contributed by atoms with Crippen LogP contribution in [0.25, 0.3) is 0 Å². The molecule has 0 aliphatic rings. The summed E-state index contributed by atoms with van der Waals surface area (Å²) in [5.41, 5.74) is 1.00. The van der Waals surface area contributed by atoms with Crippen molar-refractivity contribution in [3.05, 3.63) is 11.8 Å². The molecule has 5 nitrogen and oxygen atoms in total. The number of aryl methyl sites for hydroxylation is 1. The number of aliphatic hydroxyl groups is 1. The first-order valence-electron chi connectivity index (χ1n) is 6.05. The molecule has 1 rings (SSSR count). The summed E-state index contributed by atoms with van der Waals surface area (Å²) in [5, 5.41) is 15.7. The maximum Gasteiger partial charge on any atom is 0.224 e. The zero-order valence-corrected chi connectivity index (χ0v) is 11.0. The first-order valence-corrected chi connectivity index (χ1v) is 6.05. The van der Waals surface area contributed by atoms with Crippen LogP contribution in [0.5, 0.6) is 0 Å². The third kappa shape index (κ3) is 4.56. The molecule has 1 aromatic heterocycles. The fourth-order valence-electron chi connectivity index (χ4n) is 1.64.